The van der Waals surface area contributed by atoms with Gasteiger partial charge < -0.3 is 54.0 Å². The van der Waals surface area contributed by atoms with Crippen molar-refractivity contribution >= 4 is 58.5 Å². The number of aromatic nitrogens is 3. The van der Waals surface area contributed by atoms with Crippen molar-refractivity contribution in [3.05, 3.63) is 159 Å². The summed E-state index contributed by atoms with van der Waals surface area (Å²) in [7, 11) is 3.28. The molecule has 6 aromatic rings. The third-order valence-corrected chi connectivity index (χ3v) is 17.0. The molecule has 6 heterocycles. The SMILES string of the molecule is [C-]#[N+]c1c2c(nn1CCN(C)C(=O)CCOCCOCCN1CCN(C(=O)N3C(c4ccc(OC)cc4OC(C)C)=N[C@@H](c4ccc(C)cc4)[C@H]3c3ccc(Cl)cc3)CC1=O)CN(C1CC1)C(=O)c1ccc(F)cc1[C@H]1CCCN1c1cc-2cnc1N. The van der Waals surface area contributed by atoms with Gasteiger partial charge in [-0.1, -0.05) is 60.1 Å². The molecule has 20 nitrogen and oxygen atoms in total. The fourth-order valence-corrected chi connectivity index (χ4v) is 12.2. The molecule has 87 heavy (non-hydrogen) atoms. The largest absolute Gasteiger partial charge is 0.497 e. The first kappa shape index (κ1) is 60.1. The number of amidine groups is 1. The van der Waals surface area contributed by atoms with Gasteiger partial charge in [0, 0.05) is 67.7 Å². The van der Waals surface area contributed by atoms with Gasteiger partial charge in [0.2, 0.25) is 11.8 Å². The first-order valence-electron chi connectivity index (χ1n) is 29.7. The van der Waals surface area contributed by atoms with Crippen LogP contribution in [-0.4, -0.2) is 161 Å². The zero-order chi connectivity index (χ0) is 61.0. The molecule has 454 valence electrons. The van der Waals surface area contributed by atoms with Crippen molar-refractivity contribution in [2.24, 2.45) is 4.99 Å². The van der Waals surface area contributed by atoms with Crippen molar-refractivity contribution in [3.8, 4) is 22.6 Å². The van der Waals surface area contributed by atoms with Gasteiger partial charge in [-0.05, 0) is 117 Å². The molecule has 0 radical (unpaired) electrons. The summed E-state index contributed by atoms with van der Waals surface area (Å²) in [4.78, 5) is 81.3. The molecule has 3 atom stereocenters. The summed E-state index contributed by atoms with van der Waals surface area (Å²) in [6.45, 7) is 17.0. The Labute approximate surface area is 511 Å². The molecule has 22 heteroatoms. The quantitative estimate of drug-likeness (QED) is 0.0596. The number of likely N-dealkylation sites (N-methyl/N-ethyl adjacent to an activating group) is 1. The van der Waals surface area contributed by atoms with E-state index in [0.29, 0.717) is 87.6 Å². The maximum absolute atomic E-state index is 15.2. The second-order valence-electron chi connectivity index (χ2n) is 22.9. The molecular formula is C65H72ClFN12O8. The lowest BCUT2D eigenvalue weighted by Crippen LogP contribution is -2.56. The molecule has 4 aliphatic heterocycles. The summed E-state index contributed by atoms with van der Waals surface area (Å²) < 4.78 is 40.2. The number of piperazine rings is 1. The van der Waals surface area contributed by atoms with Crippen LogP contribution in [0.4, 0.5) is 26.5 Å². The monoisotopic (exact) mass is 1200 g/mol. The number of aliphatic imine (C=N–C) groups is 1. The van der Waals surface area contributed by atoms with Crippen LogP contribution in [0.15, 0.2) is 102 Å². The van der Waals surface area contributed by atoms with Gasteiger partial charge in [0.05, 0.1) is 82.5 Å². The van der Waals surface area contributed by atoms with Crippen molar-refractivity contribution in [2.75, 3.05) is 90.5 Å². The van der Waals surface area contributed by atoms with Gasteiger partial charge in [-0.15, -0.1) is 5.10 Å². The predicted molar refractivity (Wildman–Crippen MR) is 327 cm³/mol. The summed E-state index contributed by atoms with van der Waals surface area (Å²) in [5.74, 6) is 1.02. The number of benzene rings is 4. The molecule has 5 aliphatic rings. The van der Waals surface area contributed by atoms with E-state index in [-0.39, 0.29) is 119 Å². The third kappa shape index (κ3) is 12.9. The lowest BCUT2D eigenvalue weighted by molar-refractivity contribution is -0.135. The number of urea groups is 1. The summed E-state index contributed by atoms with van der Waals surface area (Å²) in [6.07, 6.45) is 4.68. The minimum Gasteiger partial charge on any atom is -0.497 e. The number of amides is 5. The van der Waals surface area contributed by atoms with E-state index >= 15 is 4.79 Å². The predicted octanol–water partition coefficient (Wildman–Crippen LogP) is 9.83. The number of nitrogens with zero attached hydrogens (tertiary/aromatic N) is 11. The number of aryl methyl sites for hydroxylation is 1. The van der Waals surface area contributed by atoms with Crippen LogP contribution >= 0.6 is 11.6 Å². The molecule has 2 bridgehead atoms. The van der Waals surface area contributed by atoms with Crippen LogP contribution in [0, 0.1) is 19.3 Å². The number of nitrogens with two attached hydrogens (primary N) is 1. The number of carbonyl (C=O) groups excluding carboxylic acids is 4. The van der Waals surface area contributed by atoms with Crippen LogP contribution in [0.3, 0.4) is 0 Å². The minimum atomic E-state index is -0.596. The average Bonchev–Trinajstić information content (AvgIpc) is 1.97. The lowest BCUT2D eigenvalue weighted by Gasteiger charge is -2.38. The maximum Gasteiger partial charge on any atom is 0.326 e. The van der Waals surface area contributed by atoms with Gasteiger partial charge in [0.15, 0.2) is 0 Å². The van der Waals surface area contributed by atoms with E-state index in [1.165, 1.54) is 12.1 Å². The lowest BCUT2D eigenvalue weighted by atomic mass is 9.93. The fourth-order valence-electron chi connectivity index (χ4n) is 12.1. The molecule has 4 aromatic carbocycles. The molecule has 5 amide bonds. The average molecular weight is 1200 g/mol. The number of halogens is 2. The van der Waals surface area contributed by atoms with E-state index < -0.39 is 17.9 Å². The highest BCUT2D eigenvalue weighted by Gasteiger charge is 2.46. The molecule has 0 spiro atoms. The number of fused-ring (bicyclic) bond motifs is 8. The highest BCUT2D eigenvalue weighted by Crippen LogP contribution is 2.48. The number of rotatable bonds is 19. The number of pyridine rings is 1. The first-order chi connectivity index (χ1) is 42.1. The molecule has 2 aromatic heterocycles. The van der Waals surface area contributed by atoms with Gasteiger partial charge >= 0.3 is 6.03 Å². The topological polar surface area (TPSA) is 198 Å². The van der Waals surface area contributed by atoms with Crippen LogP contribution in [0.1, 0.15) is 108 Å². The van der Waals surface area contributed by atoms with Gasteiger partial charge in [0.25, 0.3) is 11.7 Å². The van der Waals surface area contributed by atoms with Gasteiger partial charge in [0.1, 0.15) is 53.8 Å². The van der Waals surface area contributed by atoms with Crippen molar-refractivity contribution < 1.29 is 42.5 Å². The second kappa shape index (κ2) is 26.2. The first-order valence-corrected chi connectivity index (χ1v) is 30.1. The van der Waals surface area contributed by atoms with Crippen LogP contribution in [0.2, 0.25) is 5.02 Å². The number of carbonyl (C=O) groups is 4. The molecule has 0 unspecified atom stereocenters. The molecule has 2 saturated heterocycles. The van der Waals surface area contributed by atoms with Crippen LogP contribution in [0.25, 0.3) is 16.0 Å². The van der Waals surface area contributed by atoms with E-state index in [2.05, 4.69) is 14.7 Å². The molecule has 2 N–H and O–H groups in total. The second-order valence-corrected chi connectivity index (χ2v) is 23.4. The molecule has 3 fully saturated rings. The van der Waals surface area contributed by atoms with Crippen molar-refractivity contribution in [1.82, 2.24) is 39.3 Å². The van der Waals surface area contributed by atoms with E-state index in [9.17, 15) is 18.8 Å². The molecule has 11 rings (SSSR count). The Morgan fingerprint density at radius 1 is 0.874 bits per heavy atom. The maximum atomic E-state index is 15.2. The zero-order valence-corrected chi connectivity index (χ0v) is 50.4. The molecule has 1 aliphatic carbocycles. The van der Waals surface area contributed by atoms with Crippen LogP contribution < -0.4 is 20.1 Å². The number of nitrogen functional groups attached to an aromatic ring is 1. The van der Waals surface area contributed by atoms with Crippen LogP contribution in [0.5, 0.6) is 11.5 Å². The van der Waals surface area contributed by atoms with Gasteiger partial charge in [-0.3, -0.25) is 24.3 Å². The highest BCUT2D eigenvalue weighted by molar-refractivity contribution is 6.30. The number of ether oxygens (including phenoxy) is 4. The Morgan fingerprint density at radius 3 is 2.34 bits per heavy atom. The summed E-state index contributed by atoms with van der Waals surface area (Å²) in [6, 6.07) is 25.5. The number of anilines is 2. The molecule has 1 saturated carbocycles. The normalized spacial score (nSPS) is 18.4. The Balaban J connectivity index is 0.682. The summed E-state index contributed by atoms with van der Waals surface area (Å²) >= 11 is 6.41. The van der Waals surface area contributed by atoms with Crippen molar-refractivity contribution in [1.29, 1.82) is 0 Å². The number of methoxy groups -OCH3 is 1. The van der Waals surface area contributed by atoms with E-state index in [0.717, 1.165) is 36.0 Å². The highest BCUT2D eigenvalue weighted by atomic mass is 35.5. The van der Waals surface area contributed by atoms with E-state index in [1.54, 1.807) is 73.8 Å². The van der Waals surface area contributed by atoms with Gasteiger partial charge in [-0.2, -0.15) is 4.68 Å². The zero-order valence-electron chi connectivity index (χ0n) is 49.7. The Morgan fingerprint density at radius 2 is 1.62 bits per heavy atom. The summed E-state index contributed by atoms with van der Waals surface area (Å²) in [5.41, 5.74) is 13.4. The minimum absolute atomic E-state index is 0.0298. The Kier molecular flexibility index (Phi) is 18.1. The van der Waals surface area contributed by atoms with Crippen LogP contribution in [-0.2, 0) is 32.2 Å². The fraction of sp³-hybridized carbons (Fsp3) is 0.415. The third-order valence-electron chi connectivity index (χ3n) is 16.7. The standard InChI is InChI=1S/C65H72ClFN12O8/c1-40(2)87-55-36-48(84-6)20-22-50(55)62-71-59(42-11-9-41(3)10-12-42)60(43-13-15-45(66)16-14-43)79(62)65(83)75-27-26-74(57(81)39-75)29-31-86-33-32-85-30-23-56(80)73(5)25-28-78-63(69-4)58-44-34-54(61(68)70-37-44)76-24-7-8-53(76)51-35-46(67)17-21-49(51)64(82)77(47-18-19-47)38-52(58)72-78/h9-17,20-22,34-37,40,47,53,59-60H,7-8,18-19,23-33,38-39H2,1-3,5-6H3,(H2,68,70)/t53-,59+,60-/m1/s1. The number of hydrogen-bond acceptors (Lipinski definition) is 13. The Hall–Kier alpha value is -8.58. The molecular weight excluding hydrogens is 1130 g/mol. The smallest absolute Gasteiger partial charge is 0.326 e. The van der Waals surface area contributed by atoms with Gasteiger partial charge in [-0.25, -0.2) is 14.2 Å². The van der Waals surface area contributed by atoms with E-state index in [4.69, 9.17) is 52.9 Å². The Bertz CT molecular complexity index is 3630. The van der Waals surface area contributed by atoms with Crippen molar-refractivity contribution in [3.63, 3.8) is 0 Å². The summed E-state index contributed by atoms with van der Waals surface area (Å²) in [5, 5.41) is 5.51. The van der Waals surface area contributed by atoms with E-state index in [1.807, 2.05) is 75.4 Å². The van der Waals surface area contributed by atoms with Crippen molar-refractivity contribution in [2.45, 2.75) is 96.2 Å². The number of hydrogen-bond donors (Lipinski definition) is 1.